The molecule has 0 saturated carbocycles. The van der Waals surface area contributed by atoms with Crippen LogP contribution in [0, 0.1) is 0 Å². The Kier molecular flexibility index (Phi) is 3.41. The highest BCUT2D eigenvalue weighted by molar-refractivity contribution is 6.30. The maximum atomic E-state index is 12.1. The molecule has 21 heavy (non-hydrogen) atoms. The summed E-state index contributed by atoms with van der Waals surface area (Å²) in [6.45, 7) is 6.85. The van der Waals surface area contributed by atoms with Gasteiger partial charge in [0.15, 0.2) is 0 Å². The number of ether oxygens (including phenoxy) is 2. The zero-order valence-corrected chi connectivity index (χ0v) is 13.3. The normalized spacial score (nSPS) is 28.0. The maximum Gasteiger partial charge on any atom is 0.410 e. The van der Waals surface area contributed by atoms with E-state index in [4.69, 9.17) is 21.1 Å². The van der Waals surface area contributed by atoms with Gasteiger partial charge in [0.25, 0.3) is 0 Å². The summed E-state index contributed by atoms with van der Waals surface area (Å²) in [5, 5.41) is 0.721. The molecule has 0 radical (unpaired) electrons. The van der Waals surface area contributed by atoms with Gasteiger partial charge in [-0.3, -0.25) is 0 Å². The molecule has 0 aromatic heterocycles. The van der Waals surface area contributed by atoms with E-state index in [0.29, 0.717) is 13.1 Å². The smallest absolute Gasteiger partial charge is 0.410 e. The summed E-state index contributed by atoms with van der Waals surface area (Å²) < 4.78 is 11.3. The first-order chi connectivity index (χ1) is 9.80. The van der Waals surface area contributed by atoms with Gasteiger partial charge < -0.3 is 14.4 Å². The van der Waals surface area contributed by atoms with Crippen molar-refractivity contribution in [3.05, 3.63) is 34.9 Å². The van der Waals surface area contributed by atoms with Gasteiger partial charge >= 0.3 is 6.09 Å². The Morgan fingerprint density at radius 1 is 1.38 bits per heavy atom. The van der Waals surface area contributed by atoms with Crippen LogP contribution < -0.4 is 0 Å². The van der Waals surface area contributed by atoms with Crippen LogP contribution in [0.2, 0.25) is 5.02 Å². The number of fused-ring (bicyclic) bond motifs is 1. The topological polar surface area (TPSA) is 42.1 Å². The van der Waals surface area contributed by atoms with Crippen LogP contribution in [-0.2, 0) is 15.1 Å². The summed E-state index contributed by atoms with van der Waals surface area (Å²) in [6, 6.07) is 7.77. The van der Waals surface area contributed by atoms with Crippen molar-refractivity contribution in [1.29, 1.82) is 0 Å². The molecule has 5 heteroatoms. The van der Waals surface area contributed by atoms with Gasteiger partial charge in [0.2, 0.25) is 0 Å². The van der Waals surface area contributed by atoms with Gasteiger partial charge in [0, 0.05) is 18.0 Å². The van der Waals surface area contributed by atoms with Crippen LogP contribution in [0.3, 0.4) is 0 Å². The van der Waals surface area contributed by atoms with Crippen molar-refractivity contribution in [2.24, 2.45) is 0 Å². The van der Waals surface area contributed by atoms with Gasteiger partial charge in [-0.05, 0) is 38.5 Å². The average Bonchev–Trinajstić information content (AvgIpc) is 3.11. The van der Waals surface area contributed by atoms with Crippen molar-refractivity contribution in [1.82, 2.24) is 4.90 Å². The molecule has 2 fully saturated rings. The summed E-state index contributed by atoms with van der Waals surface area (Å²) in [4.78, 5) is 13.8. The molecule has 2 heterocycles. The highest BCUT2D eigenvalue weighted by Crippen LogP contribution is 2.52. The molecule has 2 atom stereocenters. The van der Waals surface area contributed by atoms with Crippen molar-refractivity contribution in [3.8, 4) is 0 Å². The summed E-state index contributed by atoms with van der Waals surface area (Å²) in [5.41, 5.74) is 0.440. The van der Waals surface area contributed by atoms with E-state index in [0.717, 1.165) is 17.0 Å². The van der Waals surface area contributed by atoms with Crippen LogP contribution in [0.1, 0.15) is 32.8 Å². The molecular weight excluding hydrogens is 290 g/mol. The molecule has 114 valence electrons. The number of epoxide rings is 1. The number of carbonyl (C=O) groups is 1. The fraction of sp³-hybridized carbons (Fsp3) is 0.562. The number of likely N-dealkylation sites (tertiary alicyclic amines) is 1. The first-order valence-corrected chi connectivity index (χ1v) is 7.60. The van der Waals surface area contributed by atoms with Crippen molar-refractivity contribution in [3.63, 3.8) is 0 Å². The molecule has 0 aliphatic carbocycles. The van der Waals surface area contributed by atoms with E-state index in [9.17, 15) is 4.79 Å². The zero-order valence-electron chi connectivity index (χ0n) is 12.6. The van der Waals surface area contributed by atoms with Crippen molar-refractivity contribution < 1.29 is 14.3 Å². The van der Waals surface area contributed by atoms with Crippen molar-refractivity contribution in [2.75, 3.05) is 13.1 Å². The summed E-state index contributed by atoms with van der Waals surface area (Å²) >= 11 is 5.93. The van der Waals surface area contributed by atoms with Crippen molar-refractivity contribution >= 4 is 17.7 Å². The molecule has 0 bridgehead atoms. The minimum absolute atomic E-state index is 0.0555. The summed E-state index contributed by atoms with van der Waals surface area (Å²) in [6.07, 6.45) is 0.584. The second-order valence-corrected chi connectivity index (χ2v) is 7.12. The number of hydrogen-bond donors (Lipinski definition) is 0. The third kappa shape index (κ3) is 2.87. The third-order valence-corrected chi connectivity index (χ3v) is 4.19. The lowest BCUT2D eigenvalue weighted by Crippen LogP contribution is -2.44. The number of benzene rings is 1. The minimum atomic E-state index is -0.466. The molecular formula is C16H20ClNO3. The molecule has 1 aromatic carbocycles. The van der Waals surface area contributed by atoms with Gasteiger partial charge in [-0.2, -0.15) is 0 Å². The monoisotopic (exact) mass is 309 g/mol. The van der Waals surface area contributed by atoms with E-state index in [-0.39, 0.29) is 17.8 Å². The molecule has 2 saturated heterocycles. The molecule has 1 amide bonds. The summed E-state index contributed by atoms with van der Waals surface area (Å²) in [5.74, 6) is 0. The number of halogens is 1. The average molecular weight is 310 g/mol. The van der Waals surface area contributed by atoms with E-state index >= 15 is 0 Å². The Morgan fingerprint density at radius 3 is 2.62 bits per heavy atom. The molecule has 2 aliphatic rings. The minimum Gasteiger partial charge on any atom is -0.444 e. The quantitative estimate of drug-likeness (QED) is 0.745. The van der Waals surface area contributed by atoms with Gasteiger partial charge in [0.05, 0.1) is 6.54 Å². The molecule has 0 unspecified atom stereocenters. The second kappa shape index (κ2) is 4.89. The van der Waals surface area contributed by atoms with Crippen LogP contribution >= 0.6 is 11.6 Å². The predicted molar refractivity (Wildman–Crippen MR) is 80.4 cm³/mol. The van der Waals surface area contributed by atoms with Gasteiger partial charge in [0.1, 0.15) is 17.3 Å². The first-order valence-electron chi connectivity index (χ1n) is 7.22. The van der Waals surface area contributed by atoms with Crippen LogP contribution in [-0.4, -0.2) is 35.8 Å². The lowest BCUT2D eigenvalue weighted by Gasteiger charge is -2.31. The molecule has 4 nitrogen and oxygen atoms in total. The van der Waals surface area contributed by atoms with E-state index < -0.39 is 5.60 Å². The zero-order chi connectivity index (χ0) is 15.3. The van der Waals surface area contributed by atoms with E-state index in [1.54, 1.807) is 4.90 Å². The highest BCUT2D eigenvalue weighted by atomic mass is 35.5. The fourth-order valence-electron chi connectivity index (χ4n) is 2.84. The lowest BCUT2D eigenvalue weighted by atomic mass is 9.89. The number of carbonyl (C=O) groups excluding carboxylic acids is 1. The standard InChI is InChI=1S/C16H20ClNO3/c1-15(2,3)21-14(19)18-9-8-16(13(10-18)20-16)11-4-6-12(17)7-5-11/h4-7,13H,8-10H2,1-3H3/t13-,16-/m1/s1. The number of rotatable bonds is 1. The second-order valence-electron chi connectivity index (χ2n) is 6.68. The predicted octanol–water partition coefficient (Wildman–Crippen LogP) is 3.57. The van der Waals surface area contributed by atoms with Gasteiger partial charge in [-0.15, -0.1) is 0 Å². The highest BCUT2D eigenvalue weighted by Gasteiger charge is 2.60. The number of hydrogen-bond acceptors (Lipinski definition) is 3. The molecule has 2 aliphatic heterocycles. The van der Waals surface area contributed by atoms with Crippen LogP contribution in [0.25, 0.3) is 0 Å². The molecule has 3 rings (SSSR count). The lowest BCUT2D eigenvalue weighted by molar-refractivity contribution is 0.0217. The van der Waals surface area contributed by atoms with Crippen molar-refractivity contribution in [2.45, 2.75) is 44.5 Å². The maximum absolute atomic E-state index is 12.1. The Hall–Kier alpha value is -1.26. The van der Waals surface area contributed by atoms with Crippen LogP contribution in [0.15, 0.2) is 24.3 Å². The Labute approximate surface area is 130 Å². The molecule has 0 spiro atoms. The van der Waals surface area contributed by atoms with Gasteiger partial charge in [-0.25, -0.2) is 4.79 Å². The SMILES string of the molecule is CC(C)(C)OC(=O)N1CC[C@]2(c3ccc(Cl)cc3)O[C@@H]2C1. The van der Waals surface area contributed by atoms with E-state index in [1.807, 2.05) is 45.0 Å². The van der Waals surface area contributed by atoms with Gasteiger partial charge in [-0.1, -0.05) is 23.7 Å². The number of amides is 1. The largest absolute Gasteiger partial charge is 0.444 e. The Bertz CT molecular complexity index is 552. The number of nitrogens with zero attached hydrogens (tertiary/aromatic N) is 1. The van der Waals surface area contributed by atoms with Crippen LogP contribution in [0.4, 0.5) is 4.79 Å². The van der Waals surface area contributed by atoms with E-state index in [2.05, 4.69) is 0 Å². The third-order valence-electron chi connectivity index (χ3n) is 3.94. The molecule has 0 N–H and O–H groups in total. The van der Waals surface area contributed by atoms with E-state index in [1.165, 1.54) is 0 Å². The summed E-state index contributed by atoms with van der Waals surface area (Å²) in [7, 11) is 0. The fourth-order valence-corrected chi connectivity index (χ4v) is 2.97. The first kappa shape index (κ1) is 14.7. The Balaban J connectivity index is 1.65. The van der Waals surface area contributed by atoms with Crippen LogP contribution in [0.5, 0.6) is 0 Å². The Morgan fingerprint density at radius 2 is 2.05 bits per heavy atom. The molecule has 1 aromatic rings. The number of piperidine rings is 1.